The Morgan fingerprint density at radius 1 is 1.16 bits per heavy atom. The van der Waals surface area contributed by atoms with Crippen LogP contribution in [0.3, 0.4) is 0 Å². The van der Waals surface area contributed by atoms with E-state index in [0.29, 0.717) is 0 Å². The number of benzene rings is 1. The minimum atomic E-state index is 0.832. The number of ether oxygens (including phenoxy) is 1. The molecule has 0 spiro atoms. The van der Waals surface area contributed by atoms with E-state index < -0.39 is 0 Å². The summed E-state index contributed by atoms with van der Waals surface area (Å²) in [6.07, 6.45) is 1.78. The van der Waals surface area contributed by atoms with Crippen molar-refractivity contribution in [3.05, 3.63) is 45.6 Å². The molecule has 0 saturated carbocycles. The second-order valence-electron chi connectivity index (χ2n) is 4.51. The molecule has 0 saturated heterocycles. The Morgan fingerprint density at radius 3 is 2.47 bits per heavy atom. The fourth-order valence-electron chi connectivity index (χ4n) is 2.03. The van der Waals surface area contributed by atoms with E-state index in [1.165, 1.54) is 5.56 Å². The maximum atomic E-state index is 5.38. The maximum absolute atomic E-state index is 5.38. The summed E-state index contributed by atoms with van der Waals surface area (Å²) < 4.78 is 6.35. The molecule has 0 bridgehead atoms. The summed E-state index contributed by atoms with van der Waals surface area (Å²) in [4.78, 5) is 4.34. The third-order valence-electron chi connectivity index (χ3n) is 3.25. The van der Waals surface area contributed by atoms with Crippen molar-refractivity contribution in [2.75, 3.05) is 12.4 Å². The standard InChI is InChI=1S/C15H17BrN2O/c1-9-7-13(19-4)10(2)11(3)15(9)18-14-6-5-12(16)8-17-14/h5-8H,1-4H3,(H,17,18). The average molecular weight is 321 g/mol. The van der Waals surface area contributed by atoms with E-state index in [4.69, 9.17) is 4.74 Å². The molecule has 0 fully saturated rings. The Morgan fingerprint density at radius 2 is 1.89 bits per heavy atom. The van der Waals surface area contributed by atoms with Gasteiger partial charge in [0.25, 0.3) is 0 Å². The molecule has 100 valence electrons. The molecule has 2 aromatic rings. The van der Waals surface area contributed by atoms with Crippen LogP contribution in [-0.2, 0) is 0 Å². The fourth-order valence-corrected chi connectivity index (χ4v) is 2.26. The number of hydrogen-bond donors (Lipinski definition) is 1. The van der Waals surface area contributed by atoms with Gasteiger partial charge in [-0.3, -0.25) is 0 Å². The van der Waals surface area contributed by atoms with Gasteiger partial charge in [-0.25, -0.2) is 4.98 Å². The van der Waals surface area contributed by atoms with E-state index in [1.807, 2.05) is 18.2 Å². The Labute approximate surface area is 122 Å². The van der Waals surface area contributed by atoms with Gasteiger partial charge in [-0.05, 0) is 71.6 Å². The third kappa shape index (κ3) is 2.89. The molecule has 19 heavy (non-hydrogen) atoms. The zero-order chi connectivity index (χ0) is 14.0. The monoisotopic (exact) mass is 320 g/mol. The van der Waals surface area contributed by atoms with Crippen LogP contribution in [0.5, 0.6) is 5.75 Å². The van der Waals surface area contributed by atoms with Crippen LogP contribution < -0.4 is 10.1 Å². The molecule has 1 N–H and O–H groups in total. The van der Waals surface area contributed by atoms with Gasteiger partial charge in [0.05, 0.1) is 7.11 Å². The summed E-state index contributed by atoms with van der Waals surface area (Å²) in [5.74, 6) is 1.75. The summed E-state index contributed by atoms with van der Waals surface area (Å²) >= 11 is 3.38. The first-order valence-electron chi connectivity index (χ1n) is 6.06. The zero-order valence-corrected chi connectivity index (χ0v) is 13.1. The highest BCUT2D eigenvalue weighted by molar-refractivity contribution is 9.10. The lowest BCUT2D eigenvalue weighted by molar-refractivity contribution is 0.411. The topological polar surface area (TPSA) is 34.1 Å². The van der Waals surface area contributed by atoms with Crippen molar-refractivity contribution < 1.29 is 4.74 Å². The highest BCUT2D eigenvalue weighted by Crippen LogP contribution is 2.32. The highest BCUT2D eigenvalue weighted by Gasteiger charge is 2.11. The smallest absolute Gasteiger partial charge is 0.130 e. The van der Waals surface area contributed by atoms with Crippen LogP contribution in [0.2, 0.25) is 0 Å². The van der Waals surface area contributed by atoms with Crippen LogP contribution in [-0.4, -0.2) is 12.1 Å². The molecule has 0 radical (unpaired) electrons. The Hall–Kier alpha value is -1.55. The van der Waals surface area contributed by atoms with Crippen molar-refractivity contribution in [2.24, 2.45) is 0 Å². The van der Waals surface area contributed by atoms with Gasteiger partial charge < -0.3 is 10.1 Å². The normalized spacial score (nSPS) is 10.4. The SMILES string of the molecule is COc1cc(C)c(Nc2ccc(Br)cn2)c(C)c1C. The molecule has 3 nitrogen and oxygen atoms in total. The number of rotatable bonds is 3. The van der Waals surface area contributed by atoms with E-state index in [-0.39, 0.29) is 0 Å². The van der Waals surface area contributed by atoms with Gasteiger partial charge in [-0.15, -0.1) is 0 Å². The minimum Gasteiger partial charge on any atom is -0.496 e. The number of halogens is 1. The van der Waals surface area contributed by atoms with Crippen LogP contribution in [0.25, 0.3) is 0 Å². The number of anilines is 2. The molecule has 0 aliphatic carbocycles. The largest absolute Gasteiger partial charge is 0.496 e. The average Bonchev–Trinajstić information content (AvgIpc) is 2.41. The van der Waals surface area contributed by atoms with Gasteiger partial charge in [0, 0.05) is 16.4 Å². The second-order valence-corrected chi connectivity index (χ2v) is 5.42. The van der Waals surface area contributed by atoms with E-state index in [0.717, 1.165) is 32.9 Å². The van der Waals surface area contributed by atoms with Crippen molar-refractivity contribution in [1.29, 1.82) is 0 Å². The Kier molecular flexibility index (Phi) is 4.10. The van der Waals surface area contributed by atoms with Crippen molar-refractivity contribution in [1.82, 2.24) is 4.98 Å². The van der Waals surface area contributed by atoms with E-state index in [9.17, 15) is 0 Å². The van der Waals surface area contributed by atoms with Gasteiger partial charge in [0.1, 0.15) is 11.6 Å². The van der Waals surface area contributed by atoms with Gasteiger partial charge in [-0.1, -0.05) is 0 Å². The molecular weight excluding hydrogens is 304 g/mol. The van der Waals surface area contributed by atoms with Gasteiger partial charge in [0.2, 0.25) is 0 Å². The molecule has 0 atom stereocenters. The molecule has 0 amide bonds. The number of aryl methyl sites for hydroxylation is 1. The molecule has 2 rings (SSSR count). The fraction of sp³-hybridized carbons (Fsp3) is 0.267. The second kappa shape index (κ2) is 5.61. The molecule has 0 aliphatic heterocycles. The predicted octanol–water partition coefficient (Wildman–Crippen LogP) is 4.52. The van der Waals surface area contributed by atoms with Crippen molar-refractivity contribution >= 4 is 27.4 Å². The first-order valence-corrected chi connectivity index (χ1v) is 6.85. The van der Waals surface area contributed by atoms with E-state index in [2.05, 4.69) is 47.0 Å². The van der Waals surface area contributed by atoms with Crippen LogP contribution in [0.4, 0.5) is 11.5 Å². The summed E-state index contributed by atoms with van der Waals surface area (Å²) in [6, 6.07) is 5.96. The number of nitrogens with zero attached hydrogens (tertiary/aromatic N) is 1. The molecule has 0 unspecified atom stereocenters. The first-order chi connectivity index (χ1) is 9.02. The molecular formula is C15H17BrN2O. The molecule has 1 aromatic heterocycles. The van der Waals surface area contributed by atoms with Crippen molar-refractivity contribution in [3.8, 4) is 5.75 Å². The Balaban J connectivity index is 2.40. The van der Waals surface area contributed by atoms with Crippen molar-refractivity contribution in [3.63, 3.8) is 0 Å². The molecule has 1 heterocycles. The minimum absolute atomic E-state index is 0.832. The summed E-state index contributed by atoms with van der Waals surface area (Å²) in [5.41, 5.74) is 4.56. The lowest BCUT2D eigenvalue weighted by Crippen LogP contribution is -2.01. The van der Waals surface area contributed by atoms with Crippen LogP contribution in [0, 0.1) is 20.8 Å². The number of methoxy groups -OCH3 is 1. The number of nitrogens with one attached hydrogen (secondary N) is 1. The van der Waals surface area contributed by atoms with E-state index in [1.54, 1.807) is 13.3 Å². The lowest BCUT2D eigenvalue weighted by Gasteiger charge is -2.17. The van der Waals surface area contributed by atoms with Gasteiger partial charge in [0.15, 0.2) is 0 Å². The van der Waals surface area contributed by atoms with Gasteiger partial charge in [-0.2, -0.15) is 0 Å². The van der Waals surface area contributed by atoms with E-state index >= 15 is 0 Å². The predicted molar refractivity (Wildman–Crippen MR) is 82.4 cm³/mol. The van der Waals surface area contributed by atoms with Crippen LogP contribution in [0.15, 0.2) is 28.9 Å². The number of hydrogen-bond acceptors (Lipinski definition) is 3. The first kappa shape index (κ1) is 13.9. The summed E-state index contributed by atoms with van der Waals surface area (Å²) in [7, 11) is 1.70. The lowest BCUT2D eigenvalue weighted by atomic mass is 10.0. The zero-order valence-electron chi connectivity index (χ0n) is 11.5. The maximum Gasteiger partial charge on any atom is 0.130 e. The molecule has 1 aromatic carbocycles. The third-order valence-corrected chi connectivity index (χ3v) is 3.72. The highest BCUT2D eigenvalue weighted by atomic mass is 79.9. The summed E-state index contributed by atoms with van der Waals surface area (Å²) in [6.45, 7) is 6.22. The van der Waals surface area contributed by atoms with Crippen LogP contribution >= 0.6 is 15.9 Å². The number of pyridine rings is 1. The molecule has 4 heteroatoms. The number of aromatic nitrogens is 1. The quantitative estimate of drug-likeness (QED) is 0.902. The van der Waals surface area contributed by atoms with Crippen molar-refractivity contribution in [2.45, 2.75) is 20.8 Å². The molecule has 0 aliphatic rings. The van der Waals surface area contributed by atoms with Gasteiger partial charge >= 0.3 is 0 Å². The van der Waals surface area contributed by atoms with Crippen LogP contribution in [0.1, 0.15) is 16.7 Å². The summed E-state index contributed by atoms with van der Waals surface area (Å²) in [5, 5.41) is 3.37. The Bertz CT molecular complexity index is 594.